The van der Waals surface area contributed by atoms with Crippen LogP contribution in [0, 0.1) is 13.8 Å². The third-order valence-electron chi connectivity index (χ3n) is 5.99. The van der Waals surface area contributed by atoms with Gasteiger partial charge in [-0.05, 0) is 57.0 Å². The van der Waals surface area contributed by atoms with Gasteiger partial charge in [0.1, 0.15) is 0 Å². The lowest BCUT2D eigenvalue weighted by Crippen LogP contribution is -2.31. The lowest BCUT2D eigenvalue weighted by Gasteiger charge is -2.24. The van der Waals surface area contributed by atoms with Crippen molar-refractivity contribution in [2.45, 2.75) is 32.7 Å². The van der Waals surface area contributed by atoms with E-state index in [1.165, 1.54) is 4.88 Å². The number of aromatic nitrogens is 5. The van der Waals surface area contributed by atoms with E-state index in [1.807, 2.05) is 58.8 Å². The van der Waals surface area contributed by atoms with Crippen LogP contribution in [0.3, 0.4) is 0 Å². The van der Waals surface area contributed by atoms with Gasteiger partial charge >= 0.3 is 0 Å². The second-order valence-electron chi connectivity index (χ2n) is 8.06. The van der Waals surface area contributed by atoms with E-state index in [0.29, 0.717) is 28.9 Å². The average Bonchev–Trinajstić information content (AvgIpc) is 3.59. The number of rotatable bonds is 3. The molecule has 1 aliphatic heterocycles. The fraction of sp³-hybridized carbons (Fsp3) is 0.261. The van der Waals surface area contributed by atoms with Crippen molar-refractivity contribution >= 4 is 34.0 Å². The molecular weight excluding hydrogens is 424 g/mol. The number of pyridine rings is 2. The number of likely N-dealkylation sites (tertiary alicyclic amines) is 1. The van der Waals surface area contributed by atoms with Crippen LogP contribution in [0.5, 0.6) is 0 Å². The van der Waals surface area contributed by atoms with Gasteiger partial charge in [0, 0.05) is 17.6 Å². The molecule has 0 unspecified atom stereocenters. The van der Waals surface area contributed by atoms with Crippen molar-refractivity contribution in [3.8, 4) is 10.6 Å². The number of carbonyl (C=O) groups excluding carboxylic acids is 1. The van der Waals surface area contributed by atoms with Gasteiger partial charge in [-0.1, -0.05) is 11.2 Å². The summed E-state index contributed by atoms with van der Waals surface area (Å²) in [7, 11) is 0. The largest absolute Gasteiger partial charge is 0.335 e. The second kappa shape index (κ2) is 7.23. The third kappa shape index (κ3) is 2.92. The van der Waals surface area contributed by atoms with Gasteiger partial charge in [-0.15, -0.1) is 21.5 Å². The molecule has 5 aromatic rings. The number of hydrogen-bond acceptors (Lipinski definition) is 7. The Kier molecular flexibility index (Phi) is 4.32. The van der Waals surface area contributed by atoms with Gasteiger partial charge in [0.15, 0.2) is 11.5 Å². The van der Waals surface area contributed by atoms with Crippen LogP contribution in [-0.2, 0) is 0 Å². The van der Waals surface area contributed by atoms with E-state index in [-0.39, 0.29) is 11.9 Å². The van der Waals surface area contributed by atoms with Crippen molar-refractivity contribution in [3.05, 3.63) is 64.6 Å². The van der Waals surface area contributed by atoms with E-state index in [2.05, 4.69) is 27.3 Å². The predicted molar refractivity (Wildman–Crippen MR) is 121 cm³/mol. The summed E-state index contributed by atoms with van der Waals surface area (Å²) >= 11 is 1.64. The minimum absolute atomic E-state index is 0.0617. The van der Waals surface area contributed by atoms with Gasteiger partial charge in [0.2, 0.25) is 0 Å². The Labute approximate surface area is 187 Å². The van der Waals surface area contributed by atoms with Crippen molar-refractivity contribution in [1.82, 2.24) is 29.6 Å². The lowest BCUT2D eigenvalue weighted by molar-refractivity contribution is 0.0731. The normalized spacial score (nSPS) is 16.4. The molecule has 1 fully saturated rings. The molecule has 0 aliphatic carbocycles. The summed E-state index contributed by atoms with van der Waals surface area (Å²) in [6.07, 6.45) is 3.69. The quantitative estimate of drug-likeness (QED) is 0.404. The van der Waals surface area contributed by atoms with Gasteiger partial charge in [0.25, 0.3) is 11.6 Å². The number of nitrogens with zero attached hydrogens (tertiary/aromatic N) is 6. The summed E-state index contributed by atoms with van der Waals surface area (Å²) < 4.78 is 7.44. The zero-order chi connectivity index (χ0) is 21.8. The van der Waals surface area contributed by atoms with Crippen molar-refractivity contribution in [2.24, 2.45) is 0 Å². The summed E-state index contributed by atoms with van der Waals surface area (Å²) in [5.41, 5.74) is 3.11. The van der Waals surface area contributed by atoms with Crippen molar-refractivity contribution in [1.29, 1.82) is 0 Å². The van der Waals surface area contributed by atoms with Crippen LogP contribution in [0.2, 0.25) is 0 Å². The number of fused-ring (bicyclic) bond motifs is 2. The van der Waals surface area contributed by atoms with Crippen molar-refractivity contribution < 1.29 is 9.32 Å². The zero-order valence-electron chi connectivity index (χ0n) is 17.6. The minimum atomic E-state index is -0.143. The van der Waals surface area contributed by atoms with E-state index in [1.54, 1.807) is 11.3 Å². The van der Waals surface area contributed by atoms with Crippen LogP contribution >= 0.6 is 11.3 Å². The molecule has 0 saturated carbocycles. The highest BCUT2D eigenvalue weighted by Crippen LogP contribution is 2.36. The van der Waals surface area contributed by atoms with E-state index in [9.17, 15) is 4.79 Å². The second-order valence-corrected chi connectivity index (χ2v) is 9.35. The molecule has 9 heteroatoms. The molecule has 32 heavy (non-hydrogen) atoms. The van der Waals surface area contributed by atoms with E-state index in [0.717, 1.165) is 34.9 Å². The molecular formula is C23H20N6O2S. The number of amides is 1. The summed E-state index contributed by atoms with van der Waals surface area (Å²) in [6.45, 7) is 4.55. The summed E-state index contributed by atoms with van der Waals surface area (Å²) in [6, 6.07) is 11.6. The molecule has 1 aliphatic rings. The molecule has 6 heterocycles. The van der Waals surface area contributed by atoms with E-state index >= 15 is 0 Å². The van der Waals surface area contributed by atoms with Gasteiger partial charge in [0.05, 0.1) is 33.3 Å². The van der Waals surface area contributed by atoms with Crippen LogP contribution in [0.15, 0.2) is 47.1 Å². The number of hydrogen-bond donors (Lipinski definition) is 0. The standard InChI is InChI=1S/C23H20N6O2S/c1-13-8-9-18(32-13)16-12-15(20-14(2)27-31-22(20)24-16)23(30)28-11-5-6-17(28)21-26-25-19-7-3-4-10-29(19)21/h3-4,7-10,12,17H,5-6,11H2,1-2H3/t17-/m0/s1. The first-order chi connectivity index (χ1) is 15.6. The predicted octanol–water partition coefficient (Wildman–Crippen LogP) is 4.59. The topological polar surface area (TPSA) is 89.4 Å². The Balaban J connectivity index is 1.46. The third-order valence-corrected chi connectivity index (χ3v) is 7.02. The SMILES string of the molecule is Cc1ccc(-c2cc(C(=O)N3CCC[C@H]3c3nnc4ccccn34)c3c(C)noc3n2)s1. The van der Waals surface area contributed by atoms with Crippen LogP contribution in [0.25, 0.3) is 27.3 Å². The van der Waals surface area contributed by atoms with E-state index in [4.69, 9.17) is 4.52 Å². The maximum atomic E-state index is 13.9. The first-order valence-electron chi connectivity index (χ1n) is 10.5. The van der Waals surface area contributed by atoms with E-state index < -0.39 is 0 Å². The fourth-order valence-electron chi connectivity index (χ4n) is 4.48. The maximum Gasteiger partial charge on any atom is 0.259 e. The summed E-state index contributed by atoms with van der Waals surface area (Å²) in [5.74, 6) is 0.723. The smallest absolute Gasteiger partial charge is 0.259 e. The van der Waals surface area contributed by atoms with Crippen molar-refractivity contribution in [2.75, 3.05) is 6.54 Å². The minimum Gasteiger partial charge on any atom is -0.335 e. The number of thiophene rings is 1. The van der Waals surface area contributed by atoms with Gasteiger partial charge < -0.3 is 9.42 Å². The van der Waals surface area contributed by atoms with Gasteiger partial charge in [-0.3, -0.25) is 9.20 Å². The molecule has 0 bridgehead atoms. The Morgan fingerprint density at radius 1 is 1.19 bits per heavy atom. The molecule has 0 aromatic carbocycles. The molecule has 1 saturated heterocycles. The molecule has 160 valence electrons. The monoisotopic (exact) mass is 444 g/mol. The van der Waals surface area contributed by atoms with Crippen LogP contribution < -0.4 is 0 Å². The molecule has 0 spiro atoms. The molecule has 8 nitrogen and oxygen atoms in total. The Bertz CT molecular complexity index is 1480. The summed E-state index contributed by atoms with van der Waals surface area (Å²) in [4.78, 5) is 22.6. The molecule has 0 radical (unpaired) electrons. The van der Waals surface area contributed by atoms with Crippen LogP contribution in [0.1, 0.15) is 45.6 Å². The highest BCUT2D eigenvalue weighted by atomic mass is 32.1. The molecule has 5 aromatic heterocycles. The fourth-order valence-corrected chi connectivity index (χ4v) is 5.31. The molecule has 1 atom stereocenters. The molecule has 0 N–H and O–H groups in total. The van der Waals surface area contributed by atoms with Crippen LogP contribution in [-0.4, -0.2) is 42.1 Å². The van der Waals surface area contributed by atoms with Gasteiger partial charge in [-0.2, -0.15) is 0 Å². The Morgan fingerprint density at radius 2 is 2.09 bits per heavy atom. The van der Waals surface area contributed by atoms with Crippen molar-refractivity contribution in [3.63, 3.8) is 0 Å². The van der Waals surface area contributed by atoms with Gasteiger partial charge in [-0.25, -0.2) is 4.98 Å². The number of carbonyl (C=O) groups is 1. The first kappa shape index (κ1) is 19.1. The first-order valence-corrected chi connectivity index (χ1v) is 11.4. The number of aryl methyl sites for hydroxylation is 2. The highest BCUT2D eigenvalue weighted by Gasteiger charge is 2.35. The Hall–Kier alpha value is -3.59. The highest BCUT2D eigenvalue weighted by molar-refractivity contribution is 7.15. The van der Waals surface area contributed by atoms with Crippen LogP contribution in [0.4, 0.5) is 0 Å². The Morgan fingerprint density at radius 3 is 2.94 bits per heavy atom. The zero-order valence-corrected chi connectivity index (χ0v) is 18.5. The lowest BCUT2D eigenvalue weighted by atomic mass is 10.1. The average molecular weight is 445 g/mol. The molecule has 6 rings (SSSR count). The molecule has 1 amide bonds. The summed E-state index contributed by atoms with van der Waals surface area (Å²) in [5, 5.41) is 13.5. The maximum absolute atomic E-state index is 13.9.